The van der Waals surface area contributed by atoms with Gasteiger partial charge in [-0.1, -0.05) is 24.3 Å². The summed E-state index contributed by atoms with van der Waals surface area (Å²) in [6.45, 7) is 7.25. The van der Waals surface area contributed by atoms with Gasteiger partial charge in [0.2, 0.25) is 5.88 Å². The van der Waals surface area contributed by atoms with Crippen LogP contribution in [-0.4, -0.2) is 46.3 Å². The highest BCUT2D eigenvalue weighted by Crippen LogP contribution is 2.34. The maximum atomic E-state index is 13.6. The summed E-state index contributed by atoms with van der Waals surface area (Å²) >= 11 is 1.59. The van der Waals surface area contributed by atoms with Crippen molar-refractivity contribution in [1.82, 2.24) is 9.97 Å². The maximum absolute atomic E-state index is 13.6. The van der Waals surface area contributed by atoms with Crippen LogP contribution in [0.1, 0.15) is 73.5 Å². The largest absolute Gasteiger partial charge is 0.473 e. The molecule has 3 aromatic carbocycles. The zero-order valence-electron chi connectivity index (χ0n) is 28.4. The Morgan fingerprint density at radius 1 is 0.900 bits per heavy atom. The molecule has 1 N–H and O–H groups in total. The summed E-state index contributed by atoms with van der Waals surface area (Å²) in [4.78, 5) is 36.6. The van der Waals surface area contributed by atoms with Crippen LogP contribution in [0, 0.1) is 0 Å². The van der Waals surface area contributed by atoms with Gasteiger partial charge in [-0.2, -0.15) is 24.9 Å². The highest BCUT2D eigenvalue weighted by atomic mass is 32.2. The van der Waals surface area contributed by atoms with Crippen molar-refractivity contribution >= 4 is 35.0 Å². The summed E-state index contributed by atoms with van der Waals surface area (Å²) in [7, 11) is 0. The van der Waals surface area contributed by atoms with Crippen molar-refractivity contribution in [3.63, 3.8) is 0 Å². The van der Waals surface area contributed by atoms with E-state index in [0.29, 0.717) is 46.0 Å². The van der Waals surface area contributed by atoms with Crippen LogP contribution in [0.4, 0.5) is 24.5 Å². The number of alkyl halides is 3. The summed E-state index contributed by atoms with van der Waals surface area (Å²) in [6, 6.07) is 19.8. The number of carbonyl (C=O) groups is 2. The number of piperidine rings is 1. The van der Waals surface area contributed by atoms with E-state index in [9.17, 15) is 22.8 Å². The second-order valence-corrected chi connectivity index (χ2v) is 14.2. The van der Waals surface area contributed by atoms with Crippen LogP contribution in [0.3, 0.4) is 0 Å². The Morgan fingerprint density at radius 3 is 2.42 bits per heavy atom. The molecular formula is C38H41F3N4O4S. The highest BCUT2D eigenvalue weighted by Gasteiger charge is 2.30. The molecule has 264 valence electrons. The number of thioether (sulfide) groups is 1. The third-order valence-corrected chi connectivity index (χ3v) is 8.89. The Labute approximate surface area is 294 Å². The number of benzene rings is 3. The molecular weight excluding hydrogens is 666 g/mol. The lowest BCUT2D eigenvalue weighted by Gasteiger charge is -2.29. The minimum Gasteiger partial charge on any atom is -0.473 e. The number of esters is 1. The molecule has 1 fully saturated rings. The second kappa shape index (κ2) is 16.4. The standard InChI is InChI=1S/C38H41F3N4O4S/c1-37(2,3)49-35(46)15-18-50-24-27-10-7-11-28(19-27)36(47)44-32-14-13-30(45-16-5-4-6-17-45)21-31(32)33-22-34(43-25-42-33)48-23-26-9-8-12-29(20-26)38(39,40)41/h7-14,19-22,25H,4-6,15-18,23-24H2,1-3H3,(H,44,47). The molecule has 12 heteroatoms. The van der Waals surface area contributed by atoms with Crippen LogP contribution >= 0.6 is 11.8 Å². The SMILES string of the molecule is CC(C)(C)OC(=O)CCSCc1cccc(C(=O)Nc2ccc(N3CCCCC3)cc2-c2cc(OCc3cccc(C(F)(F)F)c3)ncn2)c1. The topological polar surface area (TPSA) is 93.7 Å². The molecule has 0 bridgehead atoms. The van der Waals surface area contributed by atoms with Crippen molar-refractivity contribution in [2.24, 2.45) is 0 Å². The summed E-state index contributed by atoms with van der Waals surface area (Å²) in [5, 5.41) is 3.05. The van der Waals surface area contributed by atoms with Crippen LogP contribution in [-0.2, 0) is 28.1 Å². The van der Waals surface area contributed by atoms with E-state index in [4.69, 9.17) is 9.47 Å². The number of amides is 1. The molecule has 1 aromatic heterocycles. The Hall–Kier alpha value is -4.58. The molecule has 0 spiro atoms. The van der Waals surface area contributed by atoms with E-state index in [2.05, 4.69) is 20.2 Å². The number of anilines is 2. The van der Waals surface area contributed by atoms with Crippen LogP contribution < -0.4 is 15.0 Å². The number of ether oxygens (including phenoxy) is 2. The van der Waals surface area contributed by atoms with Crippen molar-refractivity contribution in [2.75, 3.05) is 29.1 Å². The smallest absolute Gasteiger partial charge is 0.416 e. The van der Waals surface area contributed by atoms with Crippen LogP contribution in [0.2, 0.25) is 0 Å². The molecule has 8 nitrogen and oxygen atoms in total. The number of hydrogen-bond acceptors (Lipinski definition) is 8. The fourth-order valence-electron chi connectivity index (χ4n) is 5.50. The van der Waals surface area contributed by atoms with Gasteiger partial charge >= 0.3 is 12.1 Å². The van der Waals surface area contributed by atoms with Gasteiger partial charge in [-0.15, -0.1) is 0 Å². The zero-order chi connectivity index (χ0) is 35.7. The maximum Gasteiger partial charge on any atom is 0.416 e. The van der Waals surface area contributed by atoms with E-state index in [0.717, 1.165) is 49.3 Å². The lowest BCUT2D eigenvalue weighted by Crippen LogP contribution is -2.29. The van der Waals surface area contributed by atoms with Gasteiger partial charge < -0.3 is 19.7 Å². The van der Waals surface area contributed by atoms with Gasteiger partial charge in [0.05, 0.1) is 23.4 Å². The molecule has 1 aliphatic rings. The lowest BCUT2D eigenvalue weighted by atomic mass is 10.0. The number of carbonyl (C=O) groups excluding carboxylic acids is 2. The van der Waals surface area contributed by atoms with Gasteiger partial charge in [0.25, 0.3) is 5.91 Å². The van der Waals surface area contributed by atoms with Crippen molar-refractivity contribution in [2.45, 2.75) is 70.6 Å². The Balaban J connectivity index is 1.32. The van der Waals surface area contributed by atoms with E-state index in [1.54, 1.807) is 30.0 Å². The van der Waals surface area contributed by atoms with E-state index in [1.165, 1.54) is 18.8 Å². The van der Waals surface area contributed by atoms with Gasteiger partial charge in [-0.05, 0) is 93.6 Å². The Kier molecular flexibility index (Phi) is 12.0. The molecule has 4 aromatic rings. The van der Waals surface area contributed by atoms with Gasteiger partial charge in [-0.3, -0.25) is 9.59 Å². The molecule has 5 rings (SSSR count). The quantitative estimate of drug-likeness (QED) is 0.115. The first kappa shape index (κ1) is 36.7. The van der Waals surface area contributed by atoms with Crippen molar-refractivity contribution < 1.29 is 32.2 Å². The lowest BCUT2D eigenvalue weighted by molar-refractivity contribution is -0.154. The second-order valence-electron chi connectivity index (χ2n) is 13.0. The first-order valence-corrected chi connectivity index (χ1v) is 17.7. The predicted octanol–water partition coefficient (Wildman–Crippen LogP) is 8.95. The molecule has 0 radical (unpaired) electrons. The monoisotopic (exact) mass is 706 g/mol. The van der Waals surface area contributed by atoms with Crippen LogP contribution in [0.5, 0.6) is 5.88 Å². The van der Waals surface area contributed by atoms with Crippen LogP contribution in [0.15, 0.2) is 79.1 Å². The number of nitrogens with one attached hydrogen (secondary N) is 1. The van der Waals surface area contributed by atoms with Gasteiger partial charge in [-0.25, -0.2) is 9.97 Å². The normalized spacial score (nSPS) is 13.5. The fourth-order valence-corrected chi connectivity index (χ4v) is 6.37. The van der Waals surface area contributed by atoms with Crippen molar-refractivity contribution in [3.8, 4) is 17.1 Å². The third kappa shape index (κ3) is 10.7. The van der Waals surface area contributed by atoms with Gasteiger partial charge in [0.1, 0.15) is 18.5 Å². The first-order valence-electron chi connectivity index (χ1n) is 16.5. The number of rotatable bonds is 12. The van der Waals surface area contributed by atoms with E-state index < -0.39 is 17.3 Å². The Morgan fingerprint density at radius 2 is 1.66 bits per heavy atom. The molecule has 0 atom stereocenters. The molecule has 1 aliphatic heterocycles. The summed E-state index contributed by atoms with van der Waals surface area (Å²) < 4.78 is 50.8. The van der Waals surface area contributed by atoms with Crippen LogP contribution in [0.25, 0.3) is 11.3 Å². The average molecular weight is 707 g/mol. The molecule has 0 aliphatic carbocycles. The van der Waals surface area contributed by atoms with Crippen molar-refractivity contribution in [1.29, 1.82) is 0 Å². The number of halogens is 3. The number of hydrogen-bond donors (Lipinski definition) is 1. The fraction of sp³-hybridized carbons (Fsp3) is 0.368. The molecule has 50 heavy (non-hydrogen) atoms. The predicted molar refractivity (Wildman–Crippen MR) is 190 cm³/mol. The van der Waals surface area contributed by atoms with Gasteiger partial charge in [0.15, 0.2) is 0 Å². The zero-order valence-corrected chi connectivity index (χ0v) is 29.2. The average Bonchev–Trinajstić information content (AvgIpc) is 3.09. The van der Waals surface area contributed by atoms with E-state index >= 15 is 0 Å². The van der Waals surface area contributed by atoms with Gasteiger partial charge in [0, 0.05) is 47.5 Å². The minimum atomic E-state index is -4.46. The number of nitrogens with zero attached hydrogens (tertiary/aromatic N) is 3. The van der Waals surface area contributed by atoms with E-state index in [1.807, 2.05) is 57.2 Å². The molecule has 0 saturated carbocycles. The summed E-state index contributed by atoms with van der Waals surface area (Å²) in [5.74, 6) is 0.878. The minimum absolute atomic E-state index is 0.118. The molecule has 1 amide bonds. The molecule has 2 heterocycles. The summed E-state index contributed by atoms with van der Waals surface area (Å²) in [6.07, 6.45) is 0.535. The first-order chi connectivity index (χ1) is 23.8. The van der Waals surface area contributed by atoms with Crippen molar-refractivity contribution in [3.05, 3.63) is 101 Å². The van der Waals surface area contributed by atoms with E-state index in [-0.39, 0.29) is 24.4 Å². The summed E-state index contributed by atoms with van der Waals surface area (Å²) in [5.41, 5.74) is 3.19. The Bertz CT molecular complexity index is 1790. The highest BCUT2D eigenvalue weighted by molar-refractivity contribution is 7.98. The molecule has 0 unspecified atom stereocenters. The number of aromatic nitrogens is 2. The third-order valence-electron chi connectivity index (χ3n) is 7.86. The molecule has 1 saturated heterocycles.